The van der Waals surface area contributed by atoms with E-state index in [0.717, 1.165) is 49.1 Å². The third-order valence-electron chi connectivity index (χ3n) is 5.40. The van der Waals surface area contributed by atoms with Gasteiger partial charge in [0.1, 0.15) is 11.6 Å². The zero-order valence-electron chi connectivity index (χ0n) is 17.1. The van der Waals surface area contributed by atoms with Crippen LogP contribution in [0.5, 0.6) is 0 Å². The van der Waals surface area contributed by atoms with E-state index >= 15 is 0 Å². The molecule has 0 atom stereocenters. The fourth-order valence-electron chi connectivity index (χ4n) is 3.56. The topological polar surface area (TPSA) is 44.3 Å². The summed E-state index contributed by atoms with van der Waals surface area (Å²) in [6, 6.07) is 15.0. The first-order valence-corrected chi connectivity index (χ1v) is 9.93. The number of nitrogens with one attached hydrogen (secondary N) is 1. The first-order valence-electron chi connectivity index (χ1n) is 9.93. The minimum Gasteiger partial charge on any atom is -0.368 e. The predicted octanol–water partition coefficient (Wildman–Crippen LogP) is 4.61. The van der Waals surface area contributed by atoms with Gasteiger partial charge in [-0.1, -0.05) is 6.07 Å². The third-order valence-corrected chi connectivity index (χ3v) is 5.40. The molecule has 1 aliphatic heterocycles. The van der Waals surface area contributed by atoms with Crippen molar-refractivity contribution in [2.45, 2.75) is 20.8 Å². The Labute approximate surface area is 171 Å². The van der Waals surface area contributed by atoms with Crippen LogP contribution in [0.4, 0.5) is 27.5 Å². The van der Waals surface area contributed by atoms with Crippen LogP contribution in [0.3, 0.4) is 0 Å². The summed E-state index contributed by atoms with van der Waals surface area (Å²) in [5, 5.41) is 3.34. The highest BCUT2D eigenvalue weighted by atomic mass is 19.1. The lowest BCUT2D eigenvalue weighted by Gasteiger charge is -2.36. The van der Waals surface area contributed by atoms with Crippen LogP contribution < -0.4 is 15.1 Å². The van der Waals surface area contributed by atoms with E-state index in [-0.39, 0.29) is 5.82 Å². The van der Waals surface area contributed by atoms with E-state index in [1.54, 1.807) is 0 Å². The molecule has 6 heteroatoms. The molecule has 1 fully saturated rings. The van der Waals surface area contributed by atoms with Crippen LogP contribution in [0.2, 0.25) is 0 Å². The minimum absolute atomic E-state index is 0.201. The second kappa shape index (κ2) is 8.07. The molecule has 29 heavy (non-hydrogen) atoms. The molecule has 1 aromatic heterocycles. The number of hydrogen-bond acceptors (Lipinski definition) is 5. The Hall–Kier alpha value is -3.15. The second-order valence-electron chi connectivity index (χ2n) is 7.57. The summed E-state index contributed by atoms with van der Waals surface area (Å²) in [6.07, 6.45) is 0. The largest absolute Gasteiger partial charge is 0.368 e. The molecule has 0 radical (unpaired) electrons. The summed E-state index contributed by atoms with van der Waals surface area (Å²) in [5.74, 6) is 1.35. The molecule has 2 aromatic carbocycles. The van der Waals surface area contributed by atoms with Crippen LogP contribution in [0.15, 0.2) is 48.5 Å². The van der Waals surface area contributed by atoms with Crippen LogP contribution in [-0.4, -0.2) is 36.1 Å². The van der Waals surface area contributed by atoms with Gasteiger partial charge in [0.25, 0.3) is 0 Å². The predicted molar refractivity (Wildman–Crippen MR) is 117 cm³/mol. The lowest BCUT2D eigenvalue weighted by Crippen LogP contribution is -2.46. The molecule has 0 amide bonds. The van der Waals surface area contributed by atoms with Gasteiger partial charge < -0.3 is 15.1 Å². The molecule has 1 N–H and O–H groups in total. The van der Waals surface area contributed by atoms with E-state index in [4.69, 9.17) is 4.98 Å². The summed E-state index contributed by atoms with van der Waals surface area (Å²) in [7, 11) is 0. The van der Waals surface area contributed by atoms with Gasteiger partial charge in [0, 0.05) is 49.3 Å². The molecule has 0 aliphatic carbocycles. The van der Waals surface area contributed by atoms with Gasteiger partial charge in [-0.05, 0) is 68.3 Å². The number of hydrogen-bond donors (Lipinski definition) is 1. The van der Waals surface area contributed by atoms with Gasteiger partial charge in [-0.25, -0.2) is 9.37 Å². The van der Waals surface area contributed by atoms with Crippen molar-refractivity contribution in [2.24, 2.45) is 0 Å². The molecule has 0 spiro atoms. The number of benzene rings is 2. The summed E-state index contributed by atoms with van der Waals surface area (Å²) < 4.78 is 13.2. The van der Waals surface area contributed by atoms with Gasteiger partial charge in [-0.2, -0.15) is 4.98 Å². The van der Waals surface area contributed by atoms with Crippen molar-refractivity contribution in [3.63, 3.8) is 0 Å². The summed E-state index contributed by atoms with van der Waals surface area (Å²) in [6.45, 7) is 9.65. The molecule has 1 aliphatic rings. The fourth-order valence-corrected chi connectivity index (χ4v) is 3.56. The average molecular weight is 391 g/mol. The quantitative estimate of drug-likeness (QED) is 0.704. The SMILES string of the molecule is Cc1cc(N2CCN(c3ccc(F)cc3)CC2)nc(Nc2ccc(C)c(C)c2)n1. The zero-order valence-corrected chi connectivity index (χ0v) is 17.1. The number of halogens is 1. The Kier molecular flexibility index (Phi) is 5.34. The Balaban J connectivity index is 1.46. The van der Waals surface area contributed by atoms with Crippen LogP contribution in [0.25, 0.3) is 0 Å². The third kappa shape index (κ3) is 4.47. The number of nitrogens with zero attached hydrogens (tertiary/aromatic N) is 4. The highest BCUT2D eigenvalue weighted by molar-refractivity contribution is 5.58. The normalized spacial score (nSPS) is 14.2. The van der Waals surface area contributed by atoms with Crippen LogP contribution in [-0.2, 0) is 0 Å². The molecule has 150 valence electrons. The van der Waals surface area contributed by atoms with Crippen molar-refractivity contribution < 1.29 is 4.39 Å². The van der Waals surface area contributed by atoms with Gasteiger partial charge in [0.2, 0.25) is 5.95 Å². The van der Waals surface area contributed by atoms with Crippen molar-refractivity contribution in [3.05, 3.63) is 71.2 Å². The summed E-state index contributed by atoms with van der Waals surface area (Å²) in [4.78, 5) is 13.9. The van der Waals surface area contributed by atoms with E-state index in [0.29, 0.717) is 5.95 Å². The molecule has 1 saturated heterocycles. The standard InChI is InChI=1S/C23H26FN5/c1-16-4-7-20(14-17(16)2)26-23-25-18(3)15-22(27-23)29-12-10-28(11-13-29)21-8-5-19(24)6-9-21/h4-9,14-15H,10-13H2,1-3H3,(H,25,26,27). The zero-order chi connectivity index (χ0) is 20.4. The molecule has 2 heterocycles. The maximum Gasteiger partial charge on any atom is 0.229 e. The lowest BCUT2D eigenvalue weighted by atomic mass is 10.1. The molecule has 0 bridgehead atoms. The van der Waals surface area contributed by atoms with Crippen LogP contribution >= 0.6 is 0 Å². The molecular formula is C23H26FN5. The molecule has 4 rings (SSSR count). The molecule has 5 nitrogen and oxygen atoms in total. The van der Waals surface area contributed by atoms with E-state index in [1.807, 2.05) is 25.1 Å². The van der Waals surface area contributed by atoms with E-state index in [9.17, 15) is 4.39 Å². The Morgan fingerprint density at radius 3 is 2.17 bits per heavy atom. The van der Waals surface area contributed by atoms with Crippen molar-refractivity contribution in [2.75, 3.05) is 41.3 Å². The highest BCUT2D eigenvalue weighted by Crippen LogP contribution is 2.23. The first kappa shape index (κ1) is 19.2. The Bertz CT molecular complexity index is 995. The summed E-state index contributed by atoms with van der Waals surface area (Å²) in [5.41, 5.74) is 5.48. The van der Waals surface area contributed by atoms with Gasteiger partial charge in [-0.15, -0.1) is 0 Å². The van der Waals surface area contributed by atoms with Gasteiger partial charge in [0.15, 0.2) is 0 Å². The van der Waals surface area contributed by atoms with Crippen LogP contribution in [0, 0.1) is 26.6 Å². The van der Waals surface area contributed by atoms with Crippen molar-refractivity contribution in [1.82, 2.24) is 9.97 Å². The van der Waals surface area contributed by atoms with E-state index in [2.05, 4.69) is 52.1 Å². The number of piperazine rings is 1. The average Bonchev–Trinajstić information content (AvgIpc) is 2.71. The first-order chi connectivity index (χ1) is 14.0. The van der Waals surface area contributed by atoms with E-state index in [1.165, 1.54) is 23.3 Å². The Morgan fingerprint density at radius 2 is 1.48 bits per heavy atom. The molecular weight excluding hydrogens is 365 g/mol. The lowest BCUT2D eigenvalue weighted by molar-refractivity contribution is 0.624. The van der Waals surface area contributed by atoms with Crippen molar-refractivity contribution in [3.8, 4) is 0 Å². The highest BCUT2D eigenvalue weighted by Gasteiger charge is 2.19. The fraction of sp³-hybridized carbons (Fsp3) is 0.304. The number of anilines is 4. The number of rotatable bonds is 4. The monoisotopic (exact) mass is 391 g/mol. The number of aryl methyl sites for hydroxylation is 3. The number of aromatic nitrogens is 2. The molecule has 0 unspecified atom stereocenters. The van der Waals surface area contributed by atoms with Crippen LogP contribution in [0.1, 0.15) is 16.8 Å². The Morgan fingerprint density at radius 1 is 0.793 bits per heavy atom. The van der Waals surface area contributed by atoms with Crippen molar-refractivity contribution in [1.29, 1.82) is 0 Å². The minimum atomic E-state index is -0.201. The van der Waals surface area contributed by atoms with Crippen molar-refractivity contribution >= 4 is 23.1 Å². The van der Waals surface area contributed by atoms with Gasteiger partial charge in [-0.3, -0.25) is 0 Å². The maximum absolute atomic E-state index is 13.2. The summed E-state index contributed by atoms with van der Waals surface area (Å²) >= 11 is 0. The van der Waals surface area contributed by atoms with Gasteiger partial charge >= 0.3 is 0 Å². The molecule has 0 saturated carbocycles. The molecule has 3 aromatic rings. The second-order valence-corrected chi connectivity index (χ2v) is 7.57. The van der Waals surface area contributed by atoms with E-state index < -0.39 is 0 Å². The smallest absolute Gasteiger partial charge is 0.229 e. The maximum atomic E-state index is 13.2. The van der Waals surface area contributed by atoms with Gasteiger partial charge in [0.05, 0.1) is 0 Å².